The molecule has 0 radical (unpaired) electrons. The monoisotopic (exact) mass is 603 g/mol. The highest BCUT2D eigenvalue weighted by molar-refractivity contribution is 7.92. The minimum Gasteiger partial charge on any atom is -0.352 e. The van der Waals surface area contributed by atoms with E-state index in [-0.39, 0.29) is 29.1 Å². The Bertz CT molecular complexity index is 1430. The number of carbonyl (C=O) groups excluding carboxylic acids is 2. The first-order valence-electron chi connectivity index (χ1n) is 13.2. The van der Waals surface area contributed by atoms with Gasteiger partial charge in [0.05, 0.1) is 10.6 Å². The standard InChI is InChI=1S/C30H35Cl2N3O4S/c1-5-22(4)33-30(37)28(6-2)34(19-23-12-10-11-15-26(23)31)29(36)20-35(24-17-16-21(3)27(32)18-24)40(38,39)25-13-8-7-9-14-25/h7-18,22,28H,5-6,19-20H2,1-4H3,(H,33,37)/t22-,28-/m1/s1. The summed E-state index contributed by atoms with van der Waals surface area (Å²) in [5.41, 5.74) is 1.65. The molecular formula is C30H35Cl2N3O4S. The zero-order chi connectivity index (χ0) is 29.4. The Morgan fingerprint density at radius 3 is 2.15 bits per heavy atom. The van der Waals surface area contributed by atoms with Gasteiger partial charge in [-0.2, -0.15) is 0 Å². The molecule has 3 aromatic carbocycles. The topological polar surface area (TPSA) is 86.8 Å². The van der Waals surface area contributed by atoms with Crippen molar-refractivity contribution in [3.05, 3.63) is 94.0 Å². The predicted molar refractivity (Wildman–Crippen MR) is 161 cm³/mol. The summed E-state index contributed by atoms with van der Waals surface area (Å²) in [5.74, 6) is -0.865. The van der Waals surface area contributed by atoms with Crippen molar-refractivity contribution in [2.24, 2.45) is 0 Å². The molecule has 1 N–H and O–H groups in total. The van der Waals surface area contributed by atoms with E-state index in [4.69, 9.17) is 23.2 Å². The van der Waals surface area contributed by atoms with Crippen LogP contribution in [-0.4, -0.2) is 43.8 Å². The van der Waals surface area contributed by atoms with Crippen molar-refractivity contribution < 1.29 is 18.0 Å². The highest BCUT2D eigenvalue weighted by Gasteiger charge is 2.34. The van der Waals surface area contributed by atoms with Crippen LogP contribution in [0, 0.1) is 6.92 Å². The molecule has 0 unspecified atom stereocenters. The summed E-state index contributed by atoms with van der Waals surface area (Å²) in [6.45, 7) is 6.94. The fraction of sp³-hybridized carbons (Fsp3) is 0.333. The van der Waals surface area contributed by atoms with Gasteiger partial charge in [0.15, 0.2) is 0 Å². The van der Waals surface area contributed by atoms with Crippen molar-refractivity contribution in [2.75, 3.05) is 10.8 Å². The number of carbonyl (C=O) groups is 2. The molecule has 40 heavy (non-hydrogen) atoms. The van der Waals surface area contributed by atoms with Crippen molar-refractivity contribution in [1.82, 2.24) is 10.2 Å². The van der Waals surface area contributed by atoms with Crippen LogP contribution in [-0.2, 0) is 26.2 Å². The molecule has 0 aliphatic rings. The van der Waals surface area contributed by atoms with Gasteiger partial charge in [-0.25, -0.2) is 8.42 Å². The van der Waals surface area contributed by atoms with Gasteiger partial charge in [-0.05, 0) is 68.1 Å². The zero-order valence-corrected chi connectivity index (χ0v) is 25.4. The molecular weight excluding hydrogens is 569 g/mol. The molecule has 0 saturated carbocycles. The average molecular weight is 605 g/mol. The first-order chi connectivity index (χ1) is 19.0. The van der Waals surface area contributed by atoms with E-state index in [0.29, 0.717) is 22.0 Å². The third kappa shape index (κ3) is 7.56. The molecule has 0 aromatic heterocycles. The SMILES string of the molecule is CC[C@@H](C)NC(=O)[C@@H](CC)N(Cc1ccccc1Cl)C(=O)CN(c1ccc(C)c(Cl)c1)S(=O)(=O)c1ccccc1. The Labute approximate surface area is 247 Å². The smallest absolute Gasteiger partial charge is 0.264 e. The molecule has 214 valence electrons. The Hall–Kier alpha value is -3.07. The van der Waals surface area contributed by atoms with Crippen molar-refractivity contribution in [3.8, 4) is 0 Å². The minimum absolute atomic E-state index is 0.0266. The Balaban J connectivity index is 2.08. The van der Waals surface area contributed by atoms with Gasteiger partial charge in [-0.3, -0.25) is 13.9 Å². The van der Waals surface area contributed by atoms with Gasteiger partial charge >= 0.3 is 0 Å². The molecule has 7 nitrogen and oxygen atoms in total. The van der Waals surface area contributed by atoms with Gasteiger partial charge < -0.3 is 10.2 Å². The lowest BCUT2D eigenvalue weighted by Gasteiger charge is -2.34. The van der Waals surface area contributed by atoms with Crippen molar-refractivity contribution in [3.63, 3.8) is 0 Å². The third-order valence-corrected chi connectivity index (χ3v) is 9.30. The van der Waals surface area contributed by atoms with Crippen LogP contribution in [0.1, 0.15) is 44.7 Å². The number of hydrogen-bond donors (Lipinski definition) is 1. The minimum atomic E-state index is -4.17. The fourth-order valence-corrected chi connectivity index (χ4v) is 5.95. The summed E-state index contributed by atoms with van der Waals surface area (Å²) in [6.07, 6.45) is 1.04. The molecule has 0 bridgehead atoms. The second kappa shape index (κ2) is 14.0. The second-order valence-corrected chi connectivity index (χ2v) is 12.3. The molecule has 0 saturated heterocycles. The number of aryl methyl sites for hydroxylation is 1. The summed E-state index contributed by atoms with van der Waals surface area (Å²) in [6, 6.07) is 18.8. The molecule has 2 atom stereocenters. The summed E-state index contributed by atoms with van der Waals surface area (Å²) < 4.78 is 28.8. The number of rotatable bonds is 12. The van der Waals surface area contributed by atoms with Gasteiger partial charge in [0, 0.05) is 22.6 Å². The summed E-state index contributed by atoms with van der Waals surface area (Å²) in [4.78, 5) is 28.9. The van der Waals surface area contributed by atoms with Gasteiger partial charge in [0.25, 0.3) is 10.0 Å². The van der Waals surface area contributed by atoms with Crippen LogP contribution in [0.2, 0.25) is 10.0 Å². The van der Waals surface area contributed by atoms with Crippen molar-refractivity contribution in [2.45, 2.75) is 64.1 Å². The van der Waals surface area contributed by atoms with Gasteiger partial charge in [0.2, 0.25) is 11.8 Å². The summed E-state index contributed by atoms with van der Waals surface area (Å²) >= 11 is 12.8. The van der Waals surface area contributed by atoms with Crippen molar-refractivity contribution in [1.29, 1.82) is 0 Å². The van der Waals surface area contributed by atoms with Crippen LogP contribution < -0.4 is 9.62 Å². The van der Waals surface area contributed by atoms with Gasteiger partial charge in [-0.1, -0.05) is 79.5 Å². The second-order valence-electron chi connectivity index (χ2n) is 9.61. The third-order valence-electron chi connectivity index (χ3n) is 6.74. The highest BCUT2D eigenvalue weighted by Crippen LogP contribution is 2.29. The molecule has 0 heterocycles. The number of nitrogens with zero attached hydrogens (tertiary/aromatic N) is 2. The summed E-state index contributed by atoms with van der Waals surface area (Å²) in [5, 5.41) is 3.76. The lowest BCUT2D eigenvalue weighted by Crippen LogP contribution is -2.53. The molecule has 3 rings (SSSR count). The van der Waals surface area contributed by atoms with E-state index in [9.17, 15) is 18.0 Å². The molecule has 0 spiro atoms. The van der Waals surface area contributed by atoms with Crippen LogP contribution in [0.5, 0.6) is 0 Å². The fourth-order valence-electron chi connectivity index (χ4n) is 4.16. The van der Waals surface area contributed by atoms with E-state index in [0.717, 1.165) is 16.3 Å². The zero-order valence-electron chi connectivity index (χ0n) is 23.1. The van der Waals surface area contributed by atoms with Crippen LogP contribution in [0.3, 0.4) is 0 Å². The Morgan fingerprint density at radius 1 is 0.900 bits per heavy atom. The van der Waals surface area contributed by atoms with E-state index in [1.54, 1.807) is 61.5 Å². The lowest BCUT2D eigenvalue weighted by atomic mass is 10.1. The maximum Gasteiger partial charge on any atom is 0.264 e. The lowest BCUT2D eigenvalue weighted by molar-refractivity contribution is -0.140. The molecule has 2 amide bonds. The van der Waals surface area contributed by atoms with E-state index in [1.807, 2.05) is 20.8 Å². The first-order valence-corrected chi connectivity index (χ1v) is 15.4. The highest BCUT2D eigenvalue weighted by atomic mass is 35.5. The van der Waals surface area contributed by atoms with E-state index >= 15 is 0 Å². The molecule has 10 heteroatoms. The normalized spacial score (nSPS) is 12.8. The number of benzene rings is 3. The van der Waals surface area contributed by atoms with E-state index in [2.05, 4.69) is 5.32 Å². The quantitative estimate of drug-likeness (QED) is 0.266. The molecule has 0 fully saturated rings. The first kappa shape index (κ1) is 31.5. The molecule has 0 aliphatic heterocycles. The van der Waals surface area contributed by atoms with Gasteiger partial charge in [0.1, 0.15) is 12.6 Å². The number of anilines is 1. The molecule has 0 aliphatic carbocycles. The van der Waals surface area contributed by atoms with E-state index in [1.165, 1.54) is 23.1 Å². The van der Waals surface area contributed by atoms with E-state index < -0.39 is 28.5 Å². The average Bonchev–Trinajstić information content (AvgIpc) is 2.94. The maximum atomic E-state index is 14.1. The van der Waals surface area contributed by atoms with Crippen LogP contribution >= 0.6 is 23.2 Å². The number of halogens is 2. The number of sulfonamides is 1. The predicted octanol–water partition coefficient (Wildman–Crippen LogP) is 6.22. The van der Waals surface area contributed by atoms with Crippen LogP contribution in [0.15, 0.2) is 77.7 Å². The maximum absolute atomic E-state index is 14.1. The Kier molecular flexibility index (Phi) is 11.0. The van der Waals surface area contributed by atoms with Crippen LogP contribution in [0.25, 0.3) is 0 Å². The number of hydrogen-bond acceptors (Lipinski definition) is 4. The summed E-state index contributed by atoms with van der Waals surface area (Å²) in [7, 11) is -4.17. The number of nitrogens with one attached hydrogen (secondary N) is 1. The van der Waals surface area contributed by atoms with Gasteiger partial charge in [-0.15, -0.1) is 0 Å². The van der Waals surface area contributed by atoms with Crippen molar-refractivity contribution >= 4 is 50.7 Å². The largest absolute Gasteiger partial charge is 0.352 e. The number of amides is 2. The molecule has 3 aromatic rings. The Morgan fingerprint density at radius 2 is 1.55 bits per heavy atom. The van der Waals surface area contributed by atoms with Crippen LogP contribution in [0.4, 0.5) is 5.69 Å².